The molecule has 19 heavy (non-hydrogen) atoms. The third kappa shape index (κ3) is 3.95. The highest BCUT2D eigenvalue weighted by molar-refractivity contribution is 5.95. The zero-order chi connectivity index (χ0) is 13.7. The van der Waals surface area contributed by atoms with E-state index >= 15 is 0 Å². The molecule has 4 nitrogen and oxygen atoms in total. The minimum absolute atomic E-state index is 0.0587. The van der Waals surface area contributed by atoms with Gasteiger partial charge in [-0.3, -0.25) is 4.79 Å². The van der Waals surface area contributed by atoms with Crippen LogP contribution in [0.2, 0.25) is 0 Å². The van der Waals surface area contributed by atoms with E-state index in [1.807, 2.05) is 13.0 Å². The van der Waals surface area contributed by atoms with Gasteiger partial charge in [0.15, 0.2) is 0 Å². The number of rotatable bonds is 5. The molecule has 0 heterocycles. The number of hydrogen-bond acceptors (Lipinski definition) is 3. The fourth-order valence-electron chi connectivity index (χ4n) is 1.58. The Balaban J connectivity index is 1.89. The lowest BCUT2D eigenvalue weighted by atomic mass is 10.2. The number of anilines is 1. The molecule has 0 radical (unpaired) electrons. The number of hydrogen-bond donors (Lipinski definition) is 1. The summed E-state index contributed by atoms with van der Waals surface area (Å²) >= 11 is 0. The average Bonchev–Trinajstić information content (AvgIpc) is 3.24. The molecule has 100 valence electrons. The van der Waals surface area contributed by atoms with E-state index < -0.39 is 0 Å². The van der Waals surface area contributed by atoms with Crippen LogP contribution in [0.4, 0.5) is 5.69 Å². The maximum atomic E-state index is 11.6. The van der Waals surface area contributed by atoms with Crippen LogP contribution in [0.5, 0.6) is 0 Å². The van der Waals surface area contributed by atoms with Crippen LogP contribution in [0.3, 0.4) is 0 Å². The maximum absolute atomic E-state index is 11.6. The Morgan fingerprint density at radius 1 is 1.32 bits per heavy atom. The minimum Gasteiger partial charge on any atom is -0.458 e. The largest absolute Gasteiger partial charge is 0.458 e. The van der Waals surface area contributed by atoms with Gasteiger partial charge in [0, 0.05) is 11.6 Å². The molecule has 0 bridgehead atoms. The number of ether oxygens (including phenoxy) is 1. The summed E-state index contributed by atoms with van der Waals surface area (Å²) in [6.07, 6.45) is 5.54. The van der Waals surface area contributed by atoms with Crippen LogP contribution < -0.4 is 5.32 Å². The minimum atomic E-state index is -0.363. The molecular weight excluding hydrogens is 242 g/mol. The van der Waals surface area contributed by atoms with Crippen molar-refractivity contribution >= 4 is 17.6 Å². The quantitative estimate of drug-likeness (QED) is 0.653. The van der Waals surface area contributed by atoms with E-state index in [2.05, 4.69) is 5.32 Å². The summed E-state index contributed by atoms with van der Waals surface area (Å²) in [5.74, 6) is -0.132. The zero-order valence-electron chi connectivity index (χ0n) is 10.9. The van der Waals surface area contributed by atoms with Crippen molar-refractivity contribution in [2.45, 2.75) is 19.8 Å². The molecule has 1 aliphatic rings. The summed E-state index contributed by atoms with van der Waals surface area (Å²) in [4.78, 5) is 23.2. The SMILES string of the molecule is C/C=C/COC(=O)c1ccc(NC(=O)C2CC2)cc1. The number of carbonyl (C=O) groups excluding carboxylic acids is 2. The van der Waals surface area contributed by atoms with E-state index in [9.17, 15) is 9.59 Å². The topological polar surface area (TPSA) is 55.4 Å². The van der Waals surface area contributed by atoms with Gasteiger partial charge in [-0.1, -0.05) is 12.2 Å². The first-order valence-electron chi connectivity index (χ1n) is 6.40. The summed E-state index contributed by atoms with van der Waals surface area (Å²) in [6.45, 7) is 2.14. The zero-order valence-corrected chi connectivity index (χ0v) is 10.9. The summed E-state index contributed by atoms with van der Waals surface area (Å²) in [6, 6.07) is 6.74. The Morgan fingerprint density at radius 2 is 2.00 bits per heavy atom. The van der Waals surface area contributed by atoms with Gasteiger partial charge < -0.3 is 10.1 Å². The summed E-state index contributed by atoms with van der Waals surface area (Å²) in [7, 11) is 0. The van der Waals surface area contributed by atoms with Crippen LogP contribution in [0.15, 0.2) is 36.4 Å². The number of nitrogens with one attached hydrogen (secondary N) is 1. The molecule has 1 aliphatic carbocycles. The second kappa shape index (κ2) is 6.18. The number of esters is 1. The number of amides is 1. The molecule has 4 heteroatoms. The maximum Gasteiger partial charge on any atom is 0.338 e. The molecule has 2 rings (SSSR count). The van der Waals surface area contributed by atoms with Crippen molar-refractivity contribution < 1.29 is 14.3 Å². The molecule has 1 amide bonds. The van der Waals surface area contributed by atoms with Crippen LogP contribution in [-0.4, -0.2) is 18.5 Å². The highest BCUT2D eigenvalue weighted by Crippen LogP contribution is 2.30. The normalized spacial score (nSPS) is 14.4. The average molecular weight is 259 g/mol. The molecule has 0 atom stereocenters. The molecule has 0 aromatic heterocycles. The molecule has 1 aromatic carbocycles. The van der Waals surface area contributed by atoms with Crippen LogP contribution in [0.1, 0.15) is 30.1 Å². The lowest BCUT2D eigenvalue weighted by Gasteiger charge is -2.05. The first-order chi connectivity index (χ1) is 9.20. The van der Waals surface area contributed by atoms with Crippen molar-refractivity contribution in [1.29, 1.82) is 0 Å². The van der Waals surface area contributed by atoms with Crippen LogP contribution >= 0.6 is 0 Å². The Hall–Kier alpha value is -2.10. The second-order valence-corrected chi connectivity index (χ2v) is 4.51. The van der Waals surface area contributed by atoms with E-state index in [4.69, 9.17) is 4.74 Å². The van der Waals surface area contributed by atoms with Gasteiger partial charge in [-0.25, -0.2) is 4.79 Å². The predicted molar refractivity (Wildman–Crippen MR) is 72.9 cm³/mol. The van der Waals surface area contributed by atoms with Crippen LogP contribution in [-0.2, 0) is 9.53 Å². The molecule has 0 saturated heterocycles. The van der Waals surface area contributed by atoms with Crippen LogP contribution in [0, 0.1) is 5.92 Å². The summed E-state index contributed by atoms with van der Waals surface area (Å²) < 4.78 is 5.02. The molecule has 1 saturated carbocycles. The van der Waals surface area contributed by atoms with Gasteiger partial charge in [-0.15, -0.1) is 0 Å². The third-order valence-corrected chi connectivity index (χ3v) is 2.88. The molecule has 0 aliphatic heterocycles. The number of allylic oxidation sites excluding steroid dienone is 1. The molecule has 1 fully saturated rings. The van der Waals surface area contributed by atoms with Gasteiger partial charge >= 0.3 is 5.97 Å². The predicted octanol–water partition coefficient (Wildman–Crippen LogP) is 2.77. The van der Waals surface area contributed by atoms with Crippen molar-refractivity contribution in [3.63, 3.8) is 0 Å². The lowest BCUT2D eigenvalue weighted by Crippen LogP contribution is -2.13. The van der Waals surface area contributed by atoms with Crippen molar-refractivity contribution in [3.05, 3.63) is 42.0 Å². The van der Waals surface area contributed by atoms with E-state index in [1.54, 1.807) is 30.3 Å². The standard InChI is InChI=1S/C15H17NO3/c1-2-3-10-19-15(18)12-6-8-13(9-7-12)16-14(17)11-4-5-11/h2-3,6-9,11H,4-5,10H2,1H3,(H,16,17)/b3-2+. The first kappa shape index (κ1) is 13.3. The van der Waals surface area contributed by atoms with Crippen LogP contribution in [0.25, 0.3) is 0 Å². The first-order valence-corrected chi connectivity index (χ1v) is 6.40. The highest BCUT2D eigenvalue weighted by atomic mass is 16.5. The summed E-state index contributed by atoms with van der Waals surface area (Å²) in [5.41, 5.74) is 1.19. The van der Waals surface area contributed by atoms with E-state index in [1.165, 1.54) is 0 Å². The Morgan fingerprint density at radius 3 is 2.58 bits per heavy atom. The van der Waals surface area contributed by atoms with Crippen molar-refractivity contribution in [1.82, 2.24) is 0 Å². The van der Waals surface area contributed by atoms with Gasteiger partial charge in [0.05, 0.1) is 5.56 Å². The van der Waals surface area contributed by atoms with E-state index in [-0.39, 0.29) is 24.4 Å². The van der Waals surface area contributed by atoms with Gasteiger partial charge in [0.25, 0.3) is 0 Å². The second-order valence-electron chi connectivity index (χ2n) is 4.51. The number of benzene rings is 1. The number of carbonyl (C=O) groups is 2. The molecular formula is C15H17NO3. The summed E-state index contributed by atoms with van der Waals surface area (Å²) in [5, 5.41) is 2.82. The smallest absolute Gasteiger partial charge is 0.338 e. The van der Waals surface area contributed by atoms with Crippen molar-refractivity contribution in [3.8, 4) is 0 Å². The van der Waals surface area contributed by atoms with Gasteiger partial charge in [-0.2, -0.15) is 0 Å². The van der Waals surface area contributed by atoms with Gasteiger partial charge in [-0.05, 0) is 44.0 Å². The van der Waals surface area contributed by atoms with Crippen molar-refractivity contribution in [2.75, 3.05) is 11.9 Å². The highest BCUT2D eigenvalue weighted by Gasteiger charge is 2.29. The molecule has 0 spiro atoms. The van der Waals surface area contributed by atoms with E-state index in [0.717, 1.165) is 12.8 Å². The Kier molecular flexibility index (Phi) is 4.34. The molecule has 1 aromatic rings. The van der Waals surface area contributed by atoms with Gasteiger partial charge in [0.2, 0.25) is 5.91 Å². The third-order valence-electron chi connectivity index (χ3n) is 2.88. The molecule has 1 N–H and O–H groups in total. The Labute approximate surface area is 112 Å². The van der Waals surface area contributed by atoms with Gasteiger partial charge in [0.1, 0.15) is 6.61 Å². The van der Waals surface area contributed by atoms with Crippen molar-refractivity contribution in [2.24, 2.45) is 5.92 Å². The Bertz CT molecular complexity index is 487. The monoisotopic (exact) mass is 259 g/mol. The fraction of sp³-hybridized carbons (Fsp3) is 0.333. The lowest BCUT2D eigenvalue weighted by molar-refractivity contribution is -0.117. The molecule has 0 unspecified atom stereocenters. The fourth-order valence-corrected chi connectivity index (χ4v) is 1.58. The van der Waals surface area contributed by atoms with E-state index in [0.29, 0.717) is 11.3 Å².